The summed E-state index contributed by atoms with van der Waals surface area (Å²) in [6.07, 6.45) is 3.52. The molecule has 0 aliphatic carbocycles. The molecule has 0 amide bonds. The molecule has 2 heterocycles. The van der Waals surface area contributed by atoms with E-state index < -0.39 is 0 Å². The molecule has 6 nitrogen and oxygen atoms in total. The summed E-state index contributed by atoms with van der Waals surface area (Å²) in [6.45, 7) is 0. The maximum Gasteiger partial charge on any atom is 0.224 e. The van der Waals surface area contributed by atoms with Gasteiger partial charge in [0, 0.05) is 6.20 Å². The van der Waals surface area contributed by atoms with Crippen LogP contribution in [0.5, 0.6) is 5.88 Å². The van der Waals surface area contributed by atoms with Crippen molar-refractivity contribution < 1.29 is 4.74 Å². The smallest absolute Gasteiger partial charge is 0.224 e. The molecule has 0 radical (unpaired) electrons. The molecule has 17 heavy (non-hydrogen) atoms. The first-order valence-electron chi connectivity index (χ1n) is 4.79. The van der Waals surface area contributed by atoms with Crippen molar-refractivity contribution in [3.63, 3.8) is 0 Å². The van der Waals surface area contributed by atoms with Crippen molar-refractivity contribution >= 4 is 17.7 Å². The highest BCUT2D eigenvalue weighted by Gasteiger charge is 2.11. The predicted molar refractivity (Wildman–Crippen MR) is 65.8 cm³/mol. The highest BCUT2D eigenvalue weighted by atomic mass is 32.2. The summed E-state index contributed by atoms with van der Waals surface area (Å²) in [7, 11) is 1.55. The van der Waals surface area contributed by atoms with Gasteiger partial charge in [0.05, 0.1) is 12.7 Å². The zero-order valence-electron chi connectivity index (χ0n) is 9.41. The first-order valence-corrected chi connectivity index (χ1v) is 6.02. The number of methoxy groups -OCH3 is 1. The number of nitrogens with two attached hydrogens (primary N) is 1. The summed E-state index contributed by atoms with van der Waals surface area (Å²) in [5.41, 5.74) is 6.32. The average Bonchev–Trinajstić information content (AvgIpc) is 2.37. The van der Waals surface area contributed by atoms with E-state index in [2.05, 4.69) is 19.9 Å². The third kappa shape index (κ3) is 2.44. The van der Waals surface area contributed by atoms with Gasteiger partial charge in [-0.25, -0.2) is 9.97 Å². The van der Waals surface area contributed by atoms with E-state index in [4.69, 9.17) is 10.5 Å². The Kier molecular flexibility index (Phi) is 3.38. The third-order valence-corrected chi connectivity index (χ3v) is 2.57. The SMILES string of the molecule is COc1ncccc1-c1nc(N)nc(SC)n1. The first-order chi connectivity index (χ1) is 8.24. The summed E-state index contributed by atoms with van der Waals surface area (Å²) in [4.78, 5) is 16.4. The molecular weight excluding hydrogens is 238 g/mol. The highest BCUT2D eigenvalue weighted by molar-refractivity contribution is 7.98. The largest absolute Gasteiger partial charge is 0.480 e. The van der Waals surface area contributed by atoms with Gasteiger partial charge in [0.2, 0.25) is 11.8 Å². The van der Waals surface area contributed by atoms with Crippen LogP contribution in [-0.2, 0) is 0 Å². The van der Waals surface area contributed by atoms with Gasteiger partial charge < -0.3 is 10.5 Å². The summed E-state index contributed by atoms with van der Waals surface area (Å²) in [5.74, 6) is 1.11. The van der Waals surface area contributed by atoms with Crippen molar-refractivity contribution in [1.29, 1.82) is 0 Å². The topological polar surface area (TPSA) is 86.8 Å². The van der Waals surface area contributed by atoms with Gasteiger partial charge in [-0.05, 0) is 18.4 Å². The highest BCUT2D eigenvalue weighted by Crippen LogP contribution is 2.25. The fraction of sp³-hybridized carbons (Fsp3) is 0.200. The van der Waals surface area contributed by atoms with E-state index in [9.17, 15) is 0 Å². The molecule has 0 aliphatic rings. The second-order valence-corrected chi connectivity index (χ2v) is 3.84. The molecule has 0 spiro atoms. The van der Waals surface area contributed by atoms with Crippen LogP contribution in [-0.4, -0.2) is 33.3 Å². The van der Waals surface area contributed by atoms with Gasteiger partial charge in [-0.15, -0.1) is 0 Å². The van der Waals surface area contributed by atoms with E-state index in [1.54, 1.807) is 19.4 Å². The number of thioether (sulfide) groups is 1. The number of aromatic nitrogens is 4. The molecule has 88 valence electrons. The number of anilines is 1. The Morgan fingerprint density at radius 2 is 2.12 bits per heavy atom. The maximum absolute atomic E-state index is 5.63. The van der Waals surface area contributed by atoms with E-state index in [1.165, 1.54) is 11.8 Å². The molecule has 0 unspecified atom stereocenters. The van der Waals surface area contributed by atoms with Crippen molar-refractivity contribution in [1.82, 2.24) is 19.9 Å². The van der Waals surface area contributed by atoms with E-state index >= 15 is 0 Å². The Morgan fingerprint density at radius 3 is 2.82 bits per heavy atom. The zero-order valence-corrected chi connectivity index (χ0v) is 10.2. The van der Waals surface area contributed by atoms with Gasteiger partial charge in [-0.3, -0.25) is 0 Å². The van der Waals surface area contributed by atoms with Crippen LogP contribution in [0.1, 0.15) is 0 Å². The number of ether oxygens (including phenoxy) is 1. The summed E-state index contributed by atoms with van der Waals surface area (Å²) in [6, 6.07) is 3.61. The van der Waals surface area contributed by atoms with E-state index in [-0.39, 0.29) is 5.95 Å². The van der Waals surface area contributed by atoms with Crippen LogP contribution < -0.4 is 10.5 Å². The van der Waals surface area contributed by atoms with Crippen LogP contribution >= 0.6 is 11.8 Å². The molecule has 0 aromatic carbocycles. The van der Waals surface area contributed by atoms with E-state index in [0.29, 0.717) is 22.4 Å². The molecule has 7 heteroatoms. The third-order valence-electron chi connectivity index (χ3n) is 2.02. The van der Waals surface area contributed by atoms with Crippen molar-refractivity contribution in [3.8, 4) is 17.3 Å². The van der Waals surface area contributed by atoms with Crippen molar-refractivity contribution in [2.45, 2.75) is 5.16 Å². The standard InChI is InChI=1S/C10H11N5OS/c1-16-8-6(4-3-5-12-8)7-13-9(11)15-10(14-7)17-2/h3-5H,1-2H3,(H2,11,13,14,15). The van der Waals surface area contributed by atoms with Gasteiger partial charge in [0.25, 0.3) is 0 Å². The molecule has 0 fully saturated rings. The number of hydrogen-bond donors (Lipinski definition) is 1. The minimum atomic E-state index is 0.185. The fourth-order valence-corrected chi connectivity index (χ4v) is 1.67. The monoisotopic (exact) mass is 249 g/mol. The molecule has 0 saturated carbocycles. The van der Waals surface area contributed by atoms with Gasteiger partial charge in [0.1, 0.15) is 0 Å². The van der Waals surface area contributed by atoms with Crippen molar-refractivity contribution in [3.05, 3.63) is 18.3 Å². The van der Waals surface area contributed by atoms with Gasteiger partial charge >= 0.3 is 0 Å². The molecule has 0 saturated heterocycles. The van der Waals surface area contributed by atoms with Crippen molar-refractivity contribution in [2.75, 3.05) is 19.1 Å². The van der Waals surface area contributed by atoms with Crippen LogP contribution in [0.3, 0.4) is 0 Å². The molecule has 0 aliphatic heterocycles. The zero-order chi connectivity index (χ0) is 12.3. The summed E-state index contributed by atoms with van der Waals surface area (Å²) in [5, 5.41) is 0.568. The number of rotatable bonds is 3. The molecule has 2 N–H and O–H groups in total. The lowest BCUT2D eigenvalue weighted by Crippen LogP contribution is -2.02. The number of nitrogen functional groups attached to an aromatic ring is 1. The molecule has 0 atom stereocenters. The molecule has 2 aromatic rings. The van der Waals surface area contributed by atoms with Crippen LogP contribution in [0.15, 0.2) is 23.5 Å². The molecule has 0 bridgehead atoms. The van der Waals surface area contributed by atoms with Crippen LogP contribution in [0.2, 0.25) is 0 Å². The Morgan fingerprint density at radius 1 is 1.29 bits per heavy atom. The maximum atomic E-state index is 5.63. The van der Waals surface area contributed by atoms with E-state index in [1.807, 2.05) is 12.3 Å². The van der Waals surface area contributed by atoms with Gasteiger partial charge in [0.15, 0.2) is 11.0 Å². The Labute approximate surface area is 103 Å². The minimum absolute atomic E-state index is 0.185. The normalized spacial score (nSPS) is 10.2. The predicted octanol–water partition coefficient (Wildman–Crippen LogP) is 1.25. The van der Waals surface area contributed by atoms with Crippen LogP contribution in [0.4, 0.5) is 5.95 Å². The Bertz CT molecular complexity index is 534. The lowest BCUT2D eigenvalue weighted by atomic mass is 10.2. The Hall–Kier alpha value is -1.89. The average molecular weight is 249 g/mol. The molecular formula is C10H11N5OS. The second-order valence-electron chi connectivity index (χ2n) is 3.06. The lowest BCUT2D eigenvalue weighted by molar-refractivity contribution is 0.399. The quantitative estimate of drug-likeness (QED) is 0.819. The minimum Gasteiger partial charge on any atom is -0.480 e. The first kappa shape index (κ1) is 11.6. The van der Waals surface area contributed by atoms with E-state index in [0.717, 1.165) is 0 Å². The number of hydrogen-bond acceptors (Lipinski definition) is 7. The molecule has 2 rings (SSSR count). The van der Waals surface area contributed by atoms with Gasteiger partial charge in [-0.2, -0.15) is 9.97 Å². The summed E-state index contributed by atoms with van der Waals surface area (Å²) >= 11 is 1.40. The second kappa shape index (κ2) is 4.96. The van der Waals surface area contributed by atoms with Gasteiger partial charge in [-0.1, -0.05) is 11.8 Å². The Balaban J connectivity index is 2.55. The van der Waals surface area contributed by atoms with Crippen molar-refractivity contribution in [2.24, 2.45) is 0 Å². The lowest BCUT2D eigenvalue weighted by Gasteiger charge is -2.06. The molecule has 2 aromatic heterocycles. The number of pyridine rings is 1. The van der Waals surface area contributed by atoms with Crippen LogP contribution in [0, 0.1) is 0 Å². The fourth-order valence-electron chi connectivity index (χ4n) is 1.31. The summed E-state index contributed by atoms with van der Waals surface area (Å²) < 4.78 is 5.15. The number of nitrogens with zero attached hydrogens (tertiary/aromatic N) is 4. The van der Waals surface area contributed by atoms with Crippen LogP contribution in [0.25, 0.3) is 11.4 Å².